The van der Waals surface area contributed by atoms with Gasteiger partial charge in [-0.1, -0.05) is 25.1 Å². The number of anilines is 2. The summed E-state index contributed by atoms with van der Waals surface area (Å²) in [5.74, 6) is -0.333. The number of carbonyl (C=O) groups excluding carboxylic acids is 3. The summed E-state index contributed by atoms with van der Waals surface area (Å²) in [6, 6.07) is 10.6. The van der Waals surface area contributed by atoms with Crippen molar-refractivity contribution in [1.29, 1.82) is 0 Å². The van der Waals surface area contributed by atoms with E-state index in [0.717, 1.165) is 23.2 Å². The van der Waals surface area contributed by atoms with E-state index < -0.39 is 0 Å². The fraction of sp³-hybridized carbons (Fsp3) is 0.318. The Morgan fingerprint density at radius 3 is 2.25 bits per heavy atom. The van der Waals surface area contributed by atoms with Gasteiger partial charge in [0, 0.05) is 17.8 Å². The third-order valence-corrected chi connectivity index (χ3v) is 4.22. The Labute approximate surface area is 165 Å². The number of rotatable bonds is 8. The Bertz CT molecular complexity index is 870. The molecule has 6 nitrogen and oxygen atoms in total. The molecule has 0 aromatic heterocycles. The molecular formula is C22H26N2O4. The van der Waals surface area contributed by atoms with Crippen LogP contribution in [0.3, 0.4) is 0 Å². The van der Waals surface area contributed by atoms with Gasteiger partial charge in [-0.25, -0.2) is 0 Å². The van der Waals surface area contributed by atoms with Gasteiger partial charge in [-0.2, -0.15) is 0 Å². The van der Waals surface area contributed by atoms with Gasteiger partial charge in [-0.05, 0) is 56.5 Å². The van der Waals surface area contributed by atoms with Crippen LogP contribution < -0.4 is 15.4 Å². The van der Waals surface area contributed by atoms with Gasteiger partial charge in [0.25, 0.3) is 5.91 Å². The predicted molar refractivity (Wildman–Crippen MR) is 110 cm³/mol. The summed E-state index contributed by atoms with van der Waals surface area (Å²) in [7, 11) is 0. The Hall–Kier alpha value is -3.15. The van der Waals surface area contributed by atoms with Crippen molar-refractivity contribution in [3.63, 3.8) is 0 Å². The lowest BCUT2D eigenvalue weighted by molar-refractivity contribution is -0.118. The van der Waals surface area contributed by atoms with E-state index in [1.165, 1.54) is 6.92 Å². The number of amides is 2. The molecule has 0 aliphatic heterocycles. The van der Waals surface area contributed by atoms with Crippen LogP contribution in [0.1, 0.15) is 48.2 Å². The molecule has 28 heavy (non-hydrogen) atoms. The lowest BCUT2D eigenvalue weighted by Gasteiger charge is -2.14. The Kier molecular flexibility index (Phi) is 7.32. The zero-order valence-electron chi connectivity index (χ0n) is 16.7. The van der Waals surface area contributed by atoms with Gasteiger partial charge in [-0.15, -0.1) is 0 Å². The number of hydrogen-bond donors (Lipinski definition) is 2. The van der Waals surface area contributed by atoms with Crippen LogP contribution in [-0.4, -0.2) is 24.2 Å². The molecule has 0 saturated heterocycles. The van der Waals surface area contributed by atoms with Crippen LogP contribution in [-0.2, 0) is 9.59 Å². The Balaban J connectivity index is 2.07. The second-order valence-electron chi connectivity index (χ2n) is 6.67. The van der Waals surface area contributed by atoms with E-state index in [-0.39, 0.29) is 24.2 Å². The molecule has 0 atom stereocenters. The maximum Gasteiger partial charge on any atom is 0.262 e. The number of ether oxygens (including phenoxy) is 1. The minimum atomic E-state index is -0.313. The fourth-order valence-corrected chi connectivity index (χ4v) is 2.79. The van der Waals surface area contributed by atoms with Gasteiger partial charge in [0.1, 0.15) is 5.75 Å². The standard InChI is InChI=1S/C22H26N2O4/c1-5-7-20(26)23-17-10-11-19(18(12-17)16(4)25)28-13-21(27)24-22-14(2)8-6-9-15(22)3/h6,8-12H,5,7,13H2,1-4H3,(H,23,26)(H,24,27). The minimum absolute atomic E-state index is 0.112. The highest BCUT2D eigenvalue weighted by atomic mass is 16.5. The third kappa shape index (κ3) is 5.67. The van der Waals surface area contributed by atoms with E-state index in [2.05, 4.69) is 10.6 Å². The van der Waals surface area contributed by atoms with Crippen molar-refractivity contribution in [3.05, 3.63) is 53.1 Å². The number of para-hydroxylation sites is 1. The van der Waals surface area contributed by atoms with E-state index in [1.807, 2.05) is 39.0 Å². The molecule has 2 N–H and O–H groups in total. The Morgan fingerprint density at radius 1 is 0.964 bits per heavy atom. The first-order valence-electron chi connectivity index (χ1n) is 9.25. The molecule has 2 aromatic carbocycles. The molecule has 148 valence electrons. The lowest BCUT2D eigenvalue weighted by Crippen LogP contribution is -2.22. The summed E-state index contributed by atoms with van der Waals surface area (Å²) >= 11 is 0. The van der Waals surface area contributed by atoms with Crippen LogP contribution >= 0.6 is 0 Å². The highest BCUT2D eigenvalue weighted by molar-refractivity contribution is 5.99. The molecule has 0 fully saturated rings. The molecule has 0 aliphatic rings. The van der Waals surface area contributed by atoms with E-state index in [0.29, 0.717) is 23.4 Å². The number of benzene rings is 2. The summed E-state index contributed by atoms with van der Waals surface area (Å²) < 4.78 is 5.57. The van der Waals surface area contributed by atoms with Gasteiger partial charge in [0.2, 0.25) is 5.91 Å². The van der Waals surface area contributed by atoms with Crippen LogP contribution in [0, 0.1) is 13.8 Å². The summed E-state index contributed by atoms with van der Waals surface area (Å²) in [6.45, 7) is 6.94. The molecule has 0 bridgehead atoms. The van der Waals surface area contributed by atoms with Crippen LogP contribution in [0.4, 0.5) is 11.4 Å². The van der Waals surface area contributed by atoms with Gasteiger partial charge in [0.15, 0.2) is 12.4 Å². The molecule has 0 radical (unpaired) electrons. The van der Waals surface area contributed by atoms with Gasteiger partial charge in [-0.3, -0.25) is 14.4 Å². The number of carbonyl (C=O) groups is 3. The van der Waals surface area contributed by atoms with Crippen molar-refractivity contribution < 1.29 is 19.1 Å². The van der Waals surface area contributed by atoms with Crippen LogP contribution in [0.15, 0.2) is 36.4 Å². The number of Topliss-reactive ketones (excluding diaryl/α,β-unsaturated/α-hetero) is 1. The van der Waals surface area contributed by atoms with Gasteiger partial charge >= 0.3 is 0 Å². The van der Waals surface area contributed by atoms with E-state index >= 15 is 0 Å². The average Bonchev–Trinajstić information content (AvgIpc) is 2.63. The largest absolute Gasteiger partial charge is 0.483 e. The summed E-state index contributed by atoms with van der Waals surface area (Å²) in [5.41, 5.74) is 3.52. The van der Waals surface area contributed by atoms with Crippen LogP contribution in [0.25, 0.3) is 0 Å². The fourth-order valence-electron chi connectivity index (χ4n) is 2.79. The molecule has 0 unspecified atom stereocenters. The number of hydrogen-bond acceptors (Lipinski definition) is 4. The van der Waals surface area contributed by atoms with Crippen molar-refractivity contribution in [2.24, 2.45) is 0 Å². The second kappa shape index (κ2) is 9.69. The molecule has 2 aromatic rings. The number of nitrogens with one attached hydrogen (secondary N) is 2. The minimum Gasteiger partial charge on any atom is -0.483 e. The maximum atomic E-state index is 12.3. The highest BCUT2D eigenvalue weighted by Gasteiger charge is 2.14. The molecule has 0 heterocycles. The molecule has 0 saturated carbocycles. The summed E-state index contributed by atoms with van der Waals surface area (Å²) in [4.78, 5) is 36.0. The zero-order chi connectivity index (χ0) is 20.7. The number of ketones is 1. The average molecular weight is 382 g/mol. The normalized spacial score (nSPS) is 10.3. The molecule has 2 rings (SSSR count). The lowest BCUT2D eigenvalue weighted by atomic mass is 10.1. The van der Waals surface area contributed by atoms with Crippen molar-refractivity contribution in [2.45, 2.75) is 40.5 Å². The first-order valence-corrected chi connectivity index (χ1v) is 9.25. The first-order chi connectivity index (χ1) is 13.3. The number of aryl methyl sites for hydroxylation is 2. The van der Waals surface area contributed by atoms with Crippen LogP contribution in [0.2, 0.25) is 0 Å². The summed E-state index contributed by atoms with van der Waals surface area (Å²) in [5, 5.41) is 5.59. The molecular weight excluding hydrogens is 356 g/mol. The van der Waals surface area contributed by atoms with Crippen molar-refractivity contribution in [3.8, 4) is 5.75 Å². The van der Waals surface area contributed by atoms with Gasteiger partial charge in [0.05, 0.1) is 5.56 Å². The highest BCUT2D eigenvalue weighted by Crippen LogP contribution is 2.24. The molecule has 2 amide bonds. The van der Waals surface area contributed by atoms with Gasteiger partial charge < -0.3 is 15.4 Å². The SMILES string of the molecule is CCCC(=O)Nc1ccc(OCC(=O)Nc2c(C)cccc2C)c(C(C)=O)c1. The molecule has 0 spiro atoms. The van der Waals surface area contributed by atoms with E-state index in [9.17, 15) is 14.4 Å². The maximum absolute atomic E-state index is 12.3. The molecule has 0 aliphatic carbocycles. The first kappa shape index (κ1) is 21.2. The van der Waals surface area contributed by atoms with E-state index in [1.54, 1.807) is 18.2 Å². The quantitative estimate of drug-likeness (QED) is 0.668. The van der Waals surface area contributed by atoms with Crippen LogP contribution in [0.5, 0.6) is 5.75 Å². The van der Waals surface area contributed by atoms with Crippen molar-refractivity contribution in [2.75, 3.05) is 17.2 Å². The molecule has 6 heteroatoms. The van der Waals surface area contributed by atoms with Crippen molar-refractivity contribution in [1.82, 2.24) is 0 Å². The van der Waals surface area contributed by atoms with E-state index in [4.69, 9.17) is 4.74 Å². The zero-order valence-corrected chi connectivity index (χ0v) is 16.7. The predicted octanol–water partition coefficient (Wildman–Crippen LogP) is 4.26. The van der Waals surface area contributed by atoms with Crippen molar-refractivity contribution >= 4 is 29.0 Å². The third-order valence-electron chi connectivity index (χ3n) is 4.22. The topological polar surface area (TPSA) is 84.5 Å². The smallest absolute Gasteiger partial charge is 0.262 e. The Morgan fingerprint density at radius 2 is 1.64 bits per heavy atom. The summed E-state index contributed by atoms with van der Waals surface area (Å²) in [6.07, 6.45) is 1.15. The second-order valence-corrected chi connectivity index (χ2v) is 6.67. The monoisotopic (exact) mass is 382 g/mol.